The van der Waals surface area contributed by atoms with Gasteiger partial charge in [-0.3, -0.25) is 4.79 Å². The van der Waals surface area contributed by atoms with E-state index in [2.05, 4.69) is 0 Å². The highest BCUT2D eigenvalue weighted by atomic mass is 16.4. The van der Waals surface area contributed by atoms with Crippen LogP contribution in [0, 0.1) is 45.3 Å². The molecule has 6 aliphatic carbocycles. The summed E-state index contributed by atoms with van der Waals surface area (Å²) in [7, 11) is 0. The van der Waals surface area contributed by atoms with Gasteiger partial charge < -0.3 is 20.4 Å². The molecule has 4 N–H and O–H groups in total. The highest BCUT2D eigenvalue weighted by Crippen LogP contribution is 2.85. The summed E-state index contributed by atoms with van der Waals surface area (Å²) >= 11 is 0. The van der Waals surface area contributed by atoms with Crippen LogP contribution in [-0.4, -0.2) is 46.2 Å². The molecule has 6 aliphatic rings. The van der Waals surface area contributed by atoms with Crippen molar-refractivity contribution in [3.63, 3.8) is 0 Å². The lowest BCUT2D eigenvalue weighted by atomic mass is 9.39. The molecule has 25 heavy (non-hydrogen) atoms. The van der Waals surface area contributed by atoms with Crippen LogP contribution in [0.15, 0.2) is 0 Å². The zero-order valence-corrected chi connectivity index (χ0v) is 14.8. The Hall–Kier alpha value is -0.650. The van der Waals surface area contributed by atoms with E-state index in [0.717, 1.165) is 44.9 Å². The van der Waals surface area contributed by atoms with Crippen molar-refractivity contribution in [2.45, 2.75) is 51.4 Å². The molecule has 6 saturated carbocycles. The average molecular weight is 350 g/mol. The van der Waals surface area contributed by atoms with Crippen molar-refractivity contribution in [3.8, 4) is 0 Å². The average Bonchev–Trinajstić information content (AvgIpc) is 3.13. The van der Waals surface area contributed by atoms with Gasteiger partial charge in [-0.05, 0) is 74.0 Å². The van der Waals surface area contributed by atoms with E-state index in [1.807, 2.05) is 0 Å². The molecule has 140 valence electrons. The molecular weight excluding hydrogens is 320 g/mol. The molecule has 5 heteroatoms. The third-order valence-corrected chi connectivity index (χ3v) is 9.89. The van der Waals surface area contributed by atoms with Crippen LogP contribution in [-0.2, 0) is 4.79 Å². The Morgan fingerprint density at radius 1 is 0.960 bits per heavy atom. The van der Waals surface area contributed by atoms with E-state index in [0.29, 0.717) is 18.3 Å². The summed E-state index contributed by atoms with van der Waals surface area (Å²) < 4.78 is 0. The SMILES string of the molecule is O=C(O)[C@@]12CCCC(CO)(CO)[C@@H]1CC[C@]13C[C@@H]4[C@H](C[C@@H]12)[C@]4(CO)C3. The highest BCUT2D eigenvalue weighted by Gasteiger charge is 2.81. The molecule has 0 aromatic heterocycles. The zero-order chi connectivity index (χ0) is 17.7. The number of carbonyl (C=O) groups is 1. The normalized spacial score (nSPS) is 54.5. The van der Waals surface area contributed by atoms with Gasteiger partial charge in [-0.25, -0.2) is 0 Å². The fraction of sp³-hybridized carbons (Fsp3) is 0.950. The summed E-state index contributed by atoms with van der Waals surface area (Å²) in [6, 6.07) is 0. The summed E-state index contributed by atoms with van der Waals surface area (Å²) in [4.78, 5) is 12.7. The predicted octanol–water partition coefficient (Wildman–Crippen LogP) is 1.65. The molecule has 7 atom stereocenters. The van der Waals surface area contributed by atoms with E-state index in [9.17, 15) is 25.2 Å². The smallest absolute Gasteiger partial charge is 0.310 e. The van der Waals surface area contributed by atoms with Gasteiger partial charge >= 0.3 is 5.97 Å². The van der Waals surface area contributed by atoms with Crippen LogP contribution in [0.5, 0.6) is 0 Å². The molecule has 5 nitrogen and oxygen atoms in total. The van der Waals surface area contributed by atoms with Gasteiger partial charge in [0.15, 0.2) is 0 Å². The highest BCUT2D eigenvalue weighted by molar-refractivity contribution is 5.76. The minimum absolute atomic E-state index is 0.0744. The van der Waals surface area contributed by atoms with Crippen LogP contribution >= 0.6 is 0 Å². The van der Waals surface area contributed by atoms with E-state index in [1.165, 1.54) is 0 Å². The van der Waals surface area contributed by atoms with Crippen LogP contribution < -0.4 is 0 Å². The van der Waals surface area contributed by atoms with Crippen LogP contribution in [0.4, 0.5) is 0 Å². The van der Waals surface area contributed by atoms with Crippen molar-refractivity contribution < 1.29 is 25.2 Å². The monoisotopic (exact) mass is 350 g/mol. The molecule has 6 rings (SSSR count). The van der Waals surface area contributed by atoms with Crippen LogP contribution in [0.1, 0.15) is 51.4 Å². The maximum Gasteiger partial charge on any atom is 0.310 e. The van der Waals surface area contributed by atoms with E-state index < -0.39 is 16.8 Å². The van der Waals surface area contributed by atoms with Gasteiger partial charge in [-0.1, -0.05) is 6.42 Å². The molecule has 0 aliphatic heterocycles. The zero-order valence-electron chi connectivity index (χ0n) is 14.8. The minimum Gasteiger partial charge on any atom is -0.481 e. The van der Waals surface area contributed by atoms with Gasteiger partial charge in [-0.2, -0.15) is 0 Å². The van der Waals surface area contributed by atoms with Crippen LogP contribution in [0.25, 0.3) is 0 Å². The number of aliphatic hydroxyl groups is 3. The lowest BCUT2D eigenvalue weighted by Gasteiger charge is -2.64. The maximum absolute atomic E-state index is 12.7. The summed E-state index contributed by atoms with van der Waals surface area (Å²) in [5.74, 6) is 0.431. The van der Waals surface area contributed by atoms with Gasteiger partial charge in [0.1, 0.15) is 0 Å². The van der Waals surface area contributed by atoms with Gasteiger partial charge in [0.25, 0.3) is 0 Å². The van der Waals surface area contributed by atoms with E-state index in [4.69, 9.17) is 0 Å². The fourth-order valence-corrected chi connectivity index (χ4v) is 8.90. The Balaban J connectivity index is 1.60. The third-order valence-electron chi connectivity index (χ3n) is 9.89. The van der Waals surface area contributed by atoms with Gasteiger partial charge in [0.2, 0.25) is 0 Å². The quantitative estimate of drug-likeness (QED) is 0.618. The number of aliphatic hydroxyl groups excluding tert-OH is 3. The third kappa shape index (κ3) is 1.61. The Morgan fingerprint density at radius 3 is 2.32 bits per heavy atom. The summed E-state index contributed by atoms with van der Waals surface area (Å²) in [5.41, 5.74) is -1.26. The first-order chi connectivity index (χ1) is 11.9. The van der Waals surface area contributed by atoms with Crippen molar-refractivity contribution >= 4 is 5.97 Å². The second-order valence-corrected chi connectivity index (χ2v) is 10.1. The number of hydrogen-bond acceptors (Lipinski definition) is 4. The molecule has 6 fully saturated rings. The molecule has 0 amide bonds. The molecule has 1 spiro atoms. The van der Waals surface area contributed by atoms with Crippen molar-refractivity contribution in [3.05, 3.63) is 0 Å². The Kier molecular flexibility index (Phi) is 3.16. The number of carboxylic acids is 1. The largest absolute Gasteiger partial charge is 0.481 e. The second-order valence-electron chi connectivity index (χ2n) is 10.1. The molecule has 4 bridgehead atoms. The van der Waals surface area contributed by atoms with E-state index in [1.54, 1.807) is 0 Å². The molecule has 0 aromatic carbocycles. The Labute approximate surface area is 148 Å². The topological polar surface area (TPSA) is 98.0 Å². The van der Waals surface area contributed by atoms with Gasteiger partial charge in [0, 0.05) is 17.4 Å². The first-order valence-electron chi connectivity index (χ1n) is 10.0. The molecule has 0 aromatic rings. The minimum atomic E-state index is -0.795. The molecule has 0 saturated heterocycles. The van der Waals surface area contributed by atoms with Crippen molar-refractivity contribution in [2.24, 2.45) is 45.3 Å². The lowest BCUT2D eigenvalue weighted by molar-refractivity contribution is -0.213. The molecular formula is C20H30O5. The molecule has 0 unspecified atom stereocenters. The molecule has 0 heterocycles. The standard InChI is InChI=1S/C20H30O5/c21-9-18(10-22)3-1-4-20(16(24)25)14(18)2-5-17-7-13-12(6-15(17)20)19(13,8-17)11-23/h12-15,21-23H,1-11H2,(H,24,25)/t12-,13+,14-,15-,17+,19+,20-/m0/s1. The lowest BCUT2D eigenvalue weighted by Crippen LogP contribution is -2.64. The van der Waals surface area contributed by atoms with Crippen LogP contribution in [0.2, 0.25) is 0 Å². The maximum atomic E-state index is 12.7. The Morgan fingerprint density at radius 2 is 1.72 bits per heavy atom. The van der Waals surface area contributed by atoms with Gasteiger partial charge in [-0.15, -0.1) is 0 Å². The number of fused-ring (bicyclic) bond motifs is 1. The van der Waals surface area contributed by atoms with Crippen molar-refractivity contribution in [2.75, 3.05) is 19.8 Å². The van der Waals surface area contributed by atoms with Crippen LogP contribution in [0.3, 0.4) is 0 Å². The molecule has 0 radical (unpaired) electrons. The fourth-order valence-electron chi connectivity index (χ4n) is 8.90. The summed E-state index contributed by atoms with van der Waals surface area (Å²) in [5, 5.41) is 40.6. The summed E-state index contributed by atoms with van der Waals surface area (Å²) in [6.07, 6.45) is 7.01. The van der Waals surface area contributed by atoms with Gasteiger partial charge in [0.05, 0.1) is 18.6 Å². The number of rotatable bonds is 4. The first kappa shape index (κ1) is 16.5. The first-order valence-corrected chi connectivity index (χ1v) is 10.0. The van der Waals surface area contributed by atoms with E-state index in [-0.39, 0.29) is 42.5 Å². The second kappa shape index (κ2) is 4.79. The van der Waals surface area contributed by atoms with E-state index >= 15 is 0 Å². The van der Waals surface area contributed by atoms with Crippen molar-refractivity contribution in [1.29, 1.82) is 0 Å². The predicted molar refractivity (Wildman–Crippen MR) is 89.5 cm³/mol. The Bertz CT molecular complexity index is 615. The summed E-state index contributed by atoms with van der Waals surface area (Å²) in [6.45, 7) is 0.0304. The number of aliphatic carboxylic acids is 1. The van der Waals surface area contributed by atoms with Crippen molar-refractivity contribution in [1.82, 2.24) is 0 Å². The number of carboxylic acid groups (broad SMARTS) is 1. The number of hydrogen-bond donors (Lipinski definition) is 4.